The van der Waals surface area contributed by atoms with Crippen LogP contribution in [0.2, 0.25) is 0 Å². The van der Waals surface area contributed by atoms with Gasteiger partial charge in [0.05, 0.1) is 10.2 Å². The van der Waals surface area contributed by atoms with E-state index < -0.39 is 0 Å². The van der Waals surface area contributed by atoms with E-state index in [1.807, 2.05) is 18.2 Å². The molecular weight excluding hydrogens is 192 g/mol. The fourth-order valence-electron chi connectivity index (χ4n) is 0.951. The van der Waals surface area contributed by atoms with E-state index in [1.54, 1.807) is 0 Å². The van der Waals surface area contributed by atoms with Gasteiger partial charge in [-0.25, -0.2) is 4.98 Å². The highest BCUT2D eigenvalue weighted by Crippen LogP contribution is 2.27. The SMILES string of the molecule is Nc1nc2c(S)cccc2s1.O. The second-order valence-electron chi connectivity index (χ2n) is 2.18. The van der Waals surface area contributed by atoms with E-state index in [2.05, 4.69) is 17.6 Å². The number of para-hydroxylation sites is 1. The van der Waals surface area contributed by atoms with Crippen molar-refractivity contribution in [1.82, 2.24) is 4.98 Å². The summed E-state index contributed by atoms with van der Waals surface area (Å²) in [5, 5.41) is 0.599. The van der Waals surface area contributed by atoms with Crippen molar-refractivity contribution in [3.05, 3.63) is 18.2 Å². The molecule has 12 heavy (non-hydrogen) atoms. The Morgan fingerprint density at radius 1 is 1.42 bits per heavy atom. The maximum Gasteiger partial charge on any atom is 0.181 e. The number of hydrogen-bond donors (Lipinski definition) is 2. The van der Waals surface area contributed by atoms with Gasteiger partial charge in [-0.3, -0.25) is 0 Å². The summed E-state index contributed by atoms with van der Waals surface area (Å²) < 4.78 is 1.09. The minimum Gasteiger partial charge on any atom is -0.412 e. The standard InChI is InChI=1S/C7H6N2S2.H2O/c8-7-9-6-4(10)2-1-3-5(6)11-7;/h1-3,10H,(H2,8,9);1H2. The van der Waals surface area contributed by atoms with Gasteiger partial charge in [-0.05, 0) is 12.1 Å². The topological polar surface area (TPSA) is 70.4 Å². The van der Waals surface area contributed by atoms with Crippen molar-refractivity contribution in [2.45, 2.75) is 4.90 Å². The van der Waals surface area contributed by atoms with Gasteiger partial charge in [0.15, 0.2) is 5.13 Å². The second-order valence-corrected chi connectivity index (χ2v) is 3.72. The lowest BCUT2D eigenvalue weighted by atomic mass is 10.3. The zero-order valence-corrected chi connectivity index (χ0v) is 7.82. The maximum atomic E-state index is 5.53. The van der Waals surface area contributed by atoms with Crippen LogP contribution in [0.15, 0.2) is 23.1 Å². The molecule has 2 rings (SSSR count). The van der Waals surface area contributed by atoms with Gasteiger partial charge in [-0.1, -0.05) is 17.4 Å². The first-order chi connectivity index (χ1) is 5.27. The summed E-state index contributed by atoms with van der Waals surface area (Å²) in [7, 11) is 0. The molecule has 64 valence electrons. The Morgan fingerprint density at radius 2 is 2.17 bits per heavy atom. The molecule has 0 aliphatic heterocycles. The molecule has 5 heteroatoms. The number of rotatable bonds is 0. The van der Waals surface area contributed by atoms with E-state index in [0.29, 0.717) is 5.13 Å². The van der Waals surface area contributed by atoms with Gasteiger partial charge >= 0.3 is 0 Å². The van der Waals surface area contributed by atoms with Crippen LogP contribution in [-0.2, 0) is 0 Å². The molecule has 2 aromatic rings. The Bertz CT molecular complexity index is 399. The normalized spacial score (nSPS) is 9.75. The molecule has 0 spiro atoms. The summed E-state index contributed by atoms with van der Waals surface area (Å²) >= 11 is 5.74. The van der Waals surface area contributed by atoms with Crippen LogP contribution in [-0.4, -0.2) is 10.5 Å². The van der Waals surface area contributed by atoms with Crippen LogP contribution in [0.1, 0.15) is 0 Å². The van der Waals surface area contributed by atoms with Crippen LogP contribution in [0.3, 0.4) is 0 Å². The van der Waals surface area contributed by atoms with Gasteiger partial charge in [-0.15, -0.1) is 12.6 Å². The third-order valence-corrected chi connectivity index (χ3v) is 2.62. The third-order valence-electron chi connectivity index (χ3n) is 1.41. The molecule has 1 aromatic carbocycles. The molecule has 0 aliphatic carbocycles. The molecule has 1 heterocycles. The minimum atomic E-state index is 0. The number of hydrogen-bond acceptors (Lipinski definition) is 4. The lowest BCUT2D eigenvalue weighted by Crippen LogP contribution is -1.79. The number of nitrogen functional groups attached to an aromatic ring is 1. The van der Waals surface area contributed by atoms with Gasteiger partial charge in [0, 0.05) is 4.90 Å². The Labute approximate surface area is 78.9 Å². The van der Waals surface area contributed by atoms with Crippen molar-refractivity contribution >= 4 is 39.3 Å². The number of thiol groups is 1. The molecular formula is C7H8N2OS2. The van der Waals surface area contributed by atoms with E-state index in [-0.39, 0.29) is 5.48 Å². The Morgan fingerprint density at radius 3 is 2.83 bits per heavy atom. The van der Waals surface area contributed by atoms with E-state index in [4.69, 9.17) is 5.73 Å². The first kappa shape index (κ1) is 9.31. The van der Waals surface area contributed by atoms with Crippen molar-refractivity contribution in [3.8, 4) is 0 Å². The monoisotopic (exact) mass is 200 g/mol. The highest BCUT2D eigenvalue weighted by molar-refractivity contribution is 7.80. The zero-order valence-electron chi connectivity index (χ0n) is 6.11. The van der Waals surface area contributed by atoms with Crippen LogP contribution in [0.5, 0.6) is 0 Å². The molecule has 0 saturated heterocycles. The number of benzene rings is 1. The highest BCUT2D eigenvalue weighted by Gasteiger charge is 2.01. The number of anilines is 1. The third kappa shape index (κ3) is 1.38. The van der Waals surface area contributed by atoms with E-state index in [1.165, 1.54) is 11.3 Å². The van der Waals surface area contributed by atoms with Crippen LogP contribution >= 0.6 is 24.0 Å². The summed E-state index contributed by atoms with van der Waals surface area (Å²) in [4.78, 5) is 5.02. The van der Waals surface area contributed by atoms with Crippen molar-refractivity contribution in [1.29, 1.82) is 0 Å². The molecule has 0 unspecified atom stereocenters. The first-order valence-electron chi connectivity index (χ1n) is 3.11. The van der Waals surface area contributed by atoms with Crippen molar-refractivity contribution < 1.29 is 5.48 Å². The molecule has 0 radical (unpaired) electrons. The van der Waals surface area contributed by atoms with Crippen molar-refractivity contribution in [2.75, 3.05) is 5.73 Å². The van der Waals surface area contributed by atoms with Crippen LogP contribution < -0.4 is 5.73 Å². The lowest BCUT2D eigenvalue weighted by molar-refractivity contribution is 0.824. The molecule has 0 atom stereocenters. The summed E-state index contributed by atoms with van der Waals surface area (Å²) in [6, 6.07) is 5.84. The van der Waals surface area contributed by atoms with Crippen LogP contribution in [0.25, 0.3) is 10.2 Å². The van der Waals surface area contributed by atoms with E-state index >= 15 is 0 Å². The average molecular weight is 200 g/mol. The van der Waals surface area contributed by atoms with Gasteiger partial charge in [0.1, 0.15) is 0 Å². The molecule has 0 fully saturated rings. The molecule has 0 saturated carbocycles. The Hall–Kier alpha value is -0.780. The fraction of sp³-hybridized carbons (Fsp3) is 0. The van der Waals surface area contributed by atoms with Gasteiger partial charge in [0.25, 0.3) is 0 Å². The molecule has 0 bridgehead atoms. The molecule has 1 aromatic heterocycles. The first-order valence-corrected chi connectivity index (χ1v) is 4.38. The Kier molecular flexibility index (Phi) is 2.56. The van der Waals surface area contributed by atoms with Crippen molar-refractivity contribution in [3.63, 3.8) is 0 Å². The summed E-state index contributed by atoms with van der Waals surface area (Å²) in [6.45, 7) is 0. The van der Waals surface area contributed by atoms with Crippen LogP contribution in [0, 0.1) is 0 Å². The largest absolute Gasteiger partial charge is 0.412 e. The molecule has 0 amide bonds. The quantitative estimate of drug-likeness (QED) is 0.630. The second kappa shape index (κ2) is 3.30. The van der Waals surface area contributed by atoms with E-state index in [9.17, 15) is 0 Å². The number of nitrogens with two attached hydrogens (primary N) is 1. The Balaban J connectivity index is 0.000000720. The van der Waals surface area contributed by atoms with Crippen LogP contribution in [0.4, 0.5) is 5.13 Å². The lowest BCUT2D eigenvalue weighted by Gasteiger charge is -1.89. The molecule has 3 nitrogen and oxygen atoms in total. The van der Waals surface area contributed by atoms with E-state index in [0.717, 1.165) is 15.1 Å². The summed E-state index contributed by atoms with van der Waals surface area (Å²) in [5.41, 5.74) is 6.43. The predicted molar refractivity (Wildman–Crippen MR) is 54.9 cm³/mol. The number of thiazole rings is 1. The number of fused-ring (bicyclic) bond motifs is 1. The predicted octanol–water partition coefficient (Wildman–Crippen LogP) is 1.34. The van der Waals surface area contributed by atoms with Gasteiger partial charge < -0.3 is 11.2 Å². The number of aromatic nitrogens is 1. The highest BCUT2D eigenvalue weighted by atomic mass is 32.1. The zero-order chi connectivity index (χ0) is 7.84. The average Bonchev–Trinajstić information content (AvgIpc) is 2.31. The summed E-state index contributed by atoms with van der Waals surface area (Å²) in [6.07, 6.45) is 0. The molecule has 4 N–H and O–H groups in total. The molecule has 0 aliphatic rings. The maximum absolute atomic E-state index is 5.53. The number of nitrogens with zero attached hydrogens (tertiary/aromatic N) is 1. The fourth-order valence-corrected chi connectivity index (χ4v) is 2.04. The van der Waals surface area contributed by atoms with Gasteiger partial charge in [-0.2, -0.15) is 0 Å². The van der Waals surface area contributed by atoms with Gasteiger partial charge in [0.2, 0.25) is 0 Å². The van der Waals surface area contributed by atoms with Crippen molar-refractivity contribution in [2.24, 2.45) is 0 Å². The smallest absolute Gasteiger partial charge is 0.181 e. The minimum absolute atomic E-state index is 0. The summed E-state index contributed by atoms with van der Waals surface area (Å²) in [5.74, 6) is 0.